The van der Waals surface area contributed by atoms with Gasteiger partial charge in [0.05, 0.1) is 10.7 Å². The molecule has 0 heterocycles. The molecule has 1 aliphatic carbocycles. The summed E-state index contributed by atoms with van der Waals surface area (Å²) in [5.41, 5.74) is -7.78. The van der Waals surface area contributed by atoms with Gasteiger partial charge in [0, 0.05) is 5.02 Å². The molecule has 158 valence electrons. The van der Waals surface area contributed by atoms with E-state index in [1.165, 1.54) is 0 Å². The van der Waals surface area contributed by atoms with Crippen molar-refractivity contribution in [2.45, 2.75) is 35.3 Å². The zero-order valence-corrected chi connectivity index (χ0v) is 14.1. The van der Waals surface area contributed by atoms with Crippen LogP contribution in [0.15, 0.2) is 18.2 Å². The second kappa shape index (κ2) is 6.00. The first-order valence-electron chi connectivity index (χ1n) is 6.65. The van der Waals surface area contributed by atoms with E-state index in [1.54, 1.807) is 0 Å². The lowest BCUT2D eigenvalue weighted by Gasteiger charge is -2.51. The van der Waals surface area contributed by atoms with E-state index in [2.05, 4.69) is 0 Å². The van der Waals surface area contributed by atoms with Crippen molar-refractivity contribution in [3.05, 3.63) is 28.2 Å². The van der Waals surface area contributed by atoms with Gasteiger partial charge in [0.25, 0.3) is 5.91 Å². The Morgan fingerprint density at radius 2 is 1.11 bits per heavy atom. The van der Waals surface area contributed by atoms with Gasteiger partial charge in [0.2, 0.25) is 0 Å². The van der Waals surface area contributed by atoms with Crippen LogP contribution in [0.1, 0.15) is 0 Å². The maximum absolute atomic E-state index is 14.5. The highest BCUT2D eigenvalue weighted by Gasteiger charge is 3.02. The van der Waals surface area contributed by atoms with E-state index < -0.39 is 51.9 Å². The summed E-state index contributed by atoms with van der Waals surface area (Å²) in [7, 11) is 0. The van der Waals surface area contributed by atoms with Crippen molar-refractivity contribution in [2.75, 3.05) is 5.32 Å². The number of carbonyl (C=O) groups excluding carboxylic acids is 1. The van der Waals surface area contributed by atoms with Crippen LogP contribution in [0.25, 0.3) is 0 Å². The summed E-state index contributed by atoms with van der Waals surface area (Å²) in [5.74, 6) is -40.1. The molecule has 0 atom stereocenters. The number of alkyl halides is 11. The Labute approximate surface area is 157 Å². The minimum Gasteiger partial charge on any atom is -0.322 e. The fourth-order valence-corrected chi connectivity index (χ4v) is 2.76. The molecule has 1 aliphatic rings. The van der Waals surface area contributed by atoms with E-state index in [1.807, 2.05) is 0 Å². The molecule has 1 N–H and O–H groups in total. The molecule has 2 nitrogen and oxygen atoms in total. The third-order valence-corrected chi connectivity index (χ3v) is 4.48. The molecule has 0 radical (unpaired) electrons. The van der Waals surface area contributed by atoms with E-state index in [-0.39, 0.29) is 5.02 Å². The SMILES string of the molecule is O=C(Nc1ccc(Cl)cc1Cl)C1(F)C(F)(F)C(F)(F)C(F)(F)C(F)(F)C1(F)F. The number of benzene rings is 1. The Morgan fingerprint density at radius 3 is 1.50 bits per heavy atom. The van der Waals surface area contributed by atoms with Crippen LogP contribution in [-0.4, -0.2) is 41.2 Å². The van der Waals surface area contributed by atoms with Crippen molar-refractivity contribution in [1.29, 1.82) is 0 Å². The molecule has 0 aromatic heterocycles. The highest BCUT2D eigenvalue weighted by atomic mass is 35.5. The molecule has 1 amide bonds. The second-order valence-corrected chi connectivity index (χ2v) is 6.45. The first-order valence-corrected chi connectivity index (χ1v) is 7.40. The van der Waals surface area contributed by atoms with Gasteiger partial charge in [0.1, 0.15) is 0 Å². The first kappa shape index (κ1) is 22.8. The normalized spacial score (nSPS) is 25.8. The van der Waals surface area contributed by atoms with Crippen LogP contribution in [0.5, 0.6) is 0 Å². The first-order chi connectivity index (χ1) is 12.3. The molecule has 0 aliphatic heterocycles. The monoisotopic (exact) mass is 469 g/mol. The van der Waals surface area contributed by atoms with Crippen LogP contribution in [0.4, 0.5) is 54.0 Å². The topological polar surface area (TPSA) is 29.1 Å². The average Bonchev–Trinajstić information content (AvgIpc) is 2.54. The van der Waals surface area contributed by atoms with Gasteiger partial charge >= 0.3 is 35.3 Å². The predicted molar refractivity (Wildman–Crippen MR) is 73.7 cm³/mol. The van der Waals surface area contributed by atoms with Crippen molar-refractivity contribution in [1.82, 2.24) is 0 Å². The summed E-state index contributed by atoms with van der Waals surface area (Å²) in [6.07, 6.45) is 0. The Kier molecular flexibility index (Phi) is 4.88. The van der Waals surface area contributed by atoms with Gasteiger partial charge in [-0.1, -0.05) is 23.2 Å². The maximum Gasteiger partial charge on any atom is 0.384 e. The van der Waals surface area contributed by atoms with Crippen LogP contribution in [-0.2, 0) is 4.79 Å². The molecule has 2 rings (SSSR count). The third-order valence-electron chi connectivity index (χ3n) is 3.93. The van der Waals surface area contributed by atoms with Crippen molar-refractivity contribution >= 4 is 34.8 Å². The lowest BCUT2D eigenvalue weighted by atomic mass is 9.71. The minimum absolute atomic E-state index is 0.177. The molecule has 0 bridgehead atoms. The van der Waals surface area contributed by atoms with Gasteiger partial charge in [0.15, 0.2) is 0 Å². The second-order valence-electron chi connectivity index (χ2n) is 5.61. The third kappa shape index (κ3) is 2.37. The predicted octanol–water partition coefficient (Wildman–Crippen LogP) is 5.83. The van der Waals surface area contributed by atoms with Crippen molar-refractivity contribution in [2.24, 2.45) is 0 Å². The smallest absolute Gasteiger partial charge is 0.322 e. The average molecular weight is 470 g/mol. The van der Waals surface area contributed by atoms with E-state index >= 15 is 0 Å². The lowest BCUT2D eigenvalue weighted by Crippen LogP contribution is -2.86. The zero-order chi connectivity index (χ0) is 22.1. The molecule has 0 spiro atoms. The van der Waals surface area contributed by atoms with Crippen LogP contribution in [0.2, 0.25) is 10.0 Å². The summed E-state index contributed by atoms with van der Waals surface area (Å²) in [4.78, 5) is 11.7. The van der Waals surface area contributed by atoms with Gasteiger partial charge in [-0.3, -0.25) is 4.79 Å². The Morgan fingerprint density at radius 1 is 0.714 bits per heavy atom. The van der Waals surface area contributed by atoms with Gasteiger partial charge in [-0.2, -0.15) is 43.9 Å². The number of anilines is 1. The number of hydrogen-bond acceptors (Lipinski definition) is 1. The van der Waals surface area contributed by atoms with E-state index in [9.17, 15) is 53.1 Å². The molecule has 0 unspecified atom stereocenters. The summed E-state index contributed by atoms with van der Waals surface area (Å²) >= 11 is 10.9. The number of halogens is 13. The van der Waals surface area contributed by atoms with Gasteiger partial charge in [-0.05, 0) is 18.2 Å². The highest BCUT2D eigenvalue weighted by Crippen LogP contribution is 2.69. The molecule has 1 saturated carbocycles. The molecular weight excluding hydrogens is 466 g/mol. The van der Waals surface area contributed by atoms with E-state index in [4.69, 9.17) is 23.2 Å². The molecule has 1 aromatic carbocycles. The van der Waals surface area contributed by atoms with Gasteiger partial charge in [-0.15, -0.1) is 0 Å². The molecule has 28 heavy (non-hydrogen) atoms. The lowest BCUT2D eigenvalue weighted by molar-refractivity contribution is -0.475. The number of nitrogens with one attached hydrogen (secondary N) is 1. The fourth-order valence-electron chi connectivity index (χ4n) is 2.31. The Balaban J connectivity index is 2.69. The van der Waals surface area contributed by atoms with Gasteiger partial charge < -0.3 is 5.32 Å². The Hall–Kier alpha value is -1.50. The maximum atomic E-state index is 14.5. The number of amides is 1. The molecule has 0 saturated heterocycles. The summed E-state index contributed by atoms with van der Waals surface area (Å²) < 4.78 is 149. The summed E-state index contributed by atoms with van der Waals surface area (Å²) in [6.45, 7) is 0. The van der Waals surface area contributed by atoms with E-state index in [0.717, 1.165) is 17.4 Å². The van der Waals surface area contributed by atoms with E-state index in [0.29, 0.717) is 6.07 Å². The van der Waals surface area contributed by atoms with Crippen LogP contribution < -0.4 is 5.32 Å². The summed E-state index contributed by atoms with van der Waals surface area (Å²) in [5, 5.41) is -0.0173. The largest absolute Gasteiger partial charge is 0.384 e. The van der Waals surface area contributed by atoms with Crippen LogP contribution in [0, 0.1) is 0 Å². The molecule has 15 heteroatoms. The number of hydrogen-bond donors (Lipinski definition) is 1. The van der Waals surface area contributed by atoms with Crippen molar-refractivity contribution in [3.8, 4) is 0 Å². The van der Waals surface area contributed by atoms with Crippen molar-refractivity contribution < 1.29 is 53.1 Å². The standard InChI is InChI=1S/C13H4Cl2F11NO/c14-4-1-2-6(5(15)3-4)27-7(28)8(16)9(17,18)11(21,22)13(25,26)12(23,24)10(8,19)20/h1-3H,(H,27,28). The van der Waals surface area contributed by atoms with Crippen LogP contribution in [0.3, 0.4) is 0 Å². The Bertz CT molecular complexity index is 797. The molecule has 1 fully saturated rings. The minimum atomic E-state index is -7.40. The summed E-state index contributed by atoms with van der Waals surface area (Å²) in [6, 6.07) is 2.18. The highest BCUT2D eigenvalue weighted by molar-refractivity contribution is 6.36. The molecule has 1 aromatic rings. The fraction of sp³-hybridized carbons (Fsp3) is 0.462. The van der Waals surface area contributed by atoms with Crippen LogP contribution >= 0.6 is 23.2 Å². The molecular formula is C13H4Cl2F11NO. The number of rotatable bonds is 2. The quantitative estimate of drug-likeness (QED) is 0.542. The van der Waals surface area contributed by atoms with Crippen molar-refractivity contribution in [3.63, 3.8) is 0 Å². The zero-order valence-electron chi connectivity index (χ0n) is 12.6. The van der Waals surface area contributed by atoms with Gasteiger partial charge in [-0.25, -0.2) is 4.39 Å². The number of carbonyl (C=O) groups is 1.